The van der Waals surface area contributed by atoms with Crippen molar-refractivity contribution in [3.05, 3.63) is 65.0 Å². The Balaban J connectivity index is 0.00000222. The molecule has 196 valence electrons. The van der Waals surface area contributed by atoms with Crippen LogP contribution in [0.15, 0.2) is 54.6 Å². The van der Waals surface area contributed by atoms with Gasteiger partial charge in [-0.25, -0.2) is 5.09 Å². The predicted molar refractivity (Wildman–Crippen MR) is 139 cm³/mol. The zero-order valence-electron chi connectivity index (χ0n) is 20.8. The molecule has 0 radical (unpaired) electrons. The van der Waals surface area contributed by atoms with Gasteiger partial charge in [0, 0.05) is 23.9 Å². The number of benzene rings is 2. The maximum absolute atomic E-state index is 15.7. The third-order valence-corrected chi connectivity index (χ3v) is 7.90. The first kappa shape index (κ1) is 29.4. The molecule has 1 heterocycles. The largest absolute Gasteiger partial charge is 0.463 e. The van der Waals surface area contributed by atoms with Crippen LogP contribution >= 0.6 is 18.9 Å². The summed E-state index contributed by atoms with van der Waals surface area (Å²) in [5, 5.41) is 5.19. The lowest BCUT2D eigenvalue weighted by molar-refractivity contribution is -0.147. The Bertz CT molecular complexity index is 1220. The van der Waals surface area contributed by atoms with Crippen LogP contribution in [0.4, 0.5) is 8.78 Å². The topological polar surface area (TPSA) is 93.7 Å². The monoisotopic (exact) mass is 540 g/mol. The van der Waals surface area contributed by atoms with E-state index >= 15 is 8.78 Å². The fourth-order valence-electron chi connectivity index (χ4n) is 3.08. The first-order valence-electron chi connectivity index (χ1n) is 11.5. The number of ether oxygens (including phenoxy) is 1. The van der Waals surface area contributed by atoms with Crippen molar-refractivity contribution in [2.45, 2.75) is 45.9 Å². The Labute approximate surface area is 213 Å². The van der Waals surface area contributed by atoms with Gasteiger partial charge in [0.2, 0.25) is 0 Å². The van der Waals surface area contributed by atoms with Gasteiger partial charge in [-0.3, -0.25) is 14.2 Å². The lowest BCUT2D eigenvalue weighted by atomic mass is 10.1. The molecule has 1 atom stereocenters. The van der Waals surface area contributed by atoms with Crippen LogP contribution in [0.1, 0.15) is 49.4 Å². The molecular formula is C25H31F2N2O5PS. The first-order chi connectivity index (χ1) is 17.1. The van der Waals surface area contributed by atoms with E-state index in [1.54, 1.807) is 32.0 Å². The minimum atomic E-state index is -4.92. The fraction of sp³-hybridized carbons (Fsp3) is 0.360. The van der Waals surface area contributed by atoms with Gasteiger partial charge >= 0.3 is 19.2 Å². The number of para-hydroxylation sites is 1. The number of halogens is 2. The molecule has 11 heteroatoms. The van der Waals surface area contributed by atoms with E-state index < -0.39 is 24.7 Å². The van der Waals surface area contributed by atoms with Crippen molar-refractivity contribution < 1.29 is 32.2 Å². The van der Waals surface area contributed by atoms with Crippen molar-refractivity contribution in [1.82, 2.24) is 10.4 Å². The van der Waals surface area contributed by atoms with Gasteiger partial charge in [-0.05, 0) is 49.6 Å². The second-order valence-corrected chi connectivity index (χ2v) is 10.9. The first-order valence-corrected chi connectivity index (χ1v) is 13.9. The summed E-state index contributed by atoms with van der Waals surface area (Å²) in [7, 11) is -3.44. The van der Waals surface area contributed by atoms with Crippen LogP contribution in [0.25, 0.3) is 10.1 Å². The van der Waals surface area contributed by atoms with E-state index in [-0.39, 0.29) is 30.7 Å². The summed E-state index contributed by atoms with van der Waals surface area (Å²) >= 11 is 1.16. The number of nitrogens with one attached hydrogen (secondary N) is 2. The summed E-state index contributed by atoms with van der Waals surface area (Å²) in [4.78, 5) is 24.1. The van der Waals surface area contributed by atoms with E-state index in [9.17, 15) is 14.2 Å². The molecule has 2 aromatic carbocycles. The second kappa shape index (κ2) is 12.9. The quantitative estimate of drug-likeness (QED) is 0.224. The number of hydrogen-bond acceptors (Lipinski definition) is 6. The predicted octanol–water partition coefficient (Wildman–Crippen LogP) is 6.54. The molecule has 0 saturated carbocycles. The Morgan fingerprint density at radius 1 is 1.08 bits per heavy atom. The highest BCUT2D eigenvalue weighted by atomic mass is 32.1. The summed E-state index contributed by atoms with van der Waals surface area (Å²) in [5.74, 6) is -0.956. The van der Waals surface area contributed by atoms with E-state index in [1.807, 2.05) is 13.8 Å². The average Bonchev–Trinajstić information content (AvgIpc) is 3.28. The maximum Gasteiger partial charge on any atom is 0.390 e. The van der Waals surface area contributed by atoms with E-state index in [4.69, 9.17) is 9.26 Å². The van der Waals surface area contributed by atoms with Gasteiger partial charge in [-0.2, -0.15) is 8.78 Å². The molecule has 3 aromatic rings. The van der Waals surface area contributed by atoms with Gasteiger partial charge in [0.05, 0.1) is 17.4 Å². The Morgan fingerprint density at radius 2 is 1.75 bits per heavy atom. The van der Waals surface area contributed by atoms with Gasteiger partial charge in [0.15, 0.2) is 0 Å². The zero-order valence-corrected chi connectivity index (χ0v) is 22.6. The van der Waals surface area contributed by atoms with E-state index in [0.717, 1.165) is 17.4 Å². The number of carbonyl (C=O) groups excluding carboxylic acids is 2. The van der Waals surface area contributed by atoms with E-state index in [1.165, 1.54) is 37.4 Å². The van der Waals surface area contributed by atoms with Crippen molar-refractivity contribution in [3.8, 4) is 5.75 Å². The molecule has 2 N–H and O–H groups in total. The summed E-state index contributed by atoms with van der Waals surface area (Å²) in [5.41, 5.74) is -4.49. The van der Waals surface area contributed by atoms with Gasteiger partial charge < -0.3 is 14.6 Å². The van der Waals surface area contributed by atoms with Crippen LogP contribution < -0.4 is 14.9 Å². The van der Waals surface area contributed by atoms with Crippen LogP contribution in [-0.4, -0.2) is 31.6 Å². The highest BCUT2D eigenvalue weighted by Crippen LogP contribution is 2.63. The molecule has 3 rings (SSSR count). The number of amides is 1. The van der Waals surface area contributed by atoms with E-state index in [2.05, 4.69) is 10.4 Å². The van der Waals surface area contributed by atoms with Gasteiger partial charge in [0.1, 0.15) is 5.75 Å². The molecule has 0 aliphatic heterocycles. The summed E-state index contributed by atoms with van der Waals surface area (Å²) in [6, 6.07) is 12.9. The summed E-state index contributed by atoms with van der Waals surface area (Å²) in [6.07, 6.45) is -0.631. The third kappa shape index (κ3) is 7.12. The highest BCUT2D eigenvalue weighted by molar-refractivity contribution is 7.58. The molecular weight excluding hydrogens is 509 g/mol. The average molecular weight is 541 g/mol. The van der Waals surface area contributed by atoms with Crippen molar-refractivity contribution in [1.29, 1.82) is 0 Å². The van der Waals surface area contributed by atoms with Crippen LogP contribution in [0.3, 0.4) is 0 Å². The number of fused-ring (bicyclic) bond motifs is 1. The normalized spacial score (nSPS) is 12.9. The Morgan fingerprint density at radius 3 is 2.36 bits per heavy atom. The van der Waals surface area contributed by atoms with Crippen molar-refractivity contribution in [2.24, 2.45) is 0 Å². The van der Waals surface area contributed by atoms with Gasteiger partial charge in [-0.15, -0.1) is 11.3 Å². The number of hydrogen-bond donors (Lipinski definition) is 2. The Hall–Kier alpha value is -2.81. The molecule has 1 aromatic heterocycles. The van der Waals surface area contributed by atoms with Crippen LogP contribution in [-0.2, 0) is 19.8 Å². The molecule has 0 fully saturated rings. The molecule has 36 heavy (non-hydrogen) atoms. The van der Waals surface area contributed by atoms with Crippen LogP contribution in [0.5, 0.6) is 5.75 Å². The number of carbonyl (C=O) groups is 2. The lowest BCUT2D eigenvalue weighted by Gasteiger charge is -2.28. The molecule has 0 saturated heterocycles. The summed E-state index contributed by atoms with van der Waals surface area (Å²) in [6.45, 7) is 6.99. The van der Waals surface area contributed by atoms with E-state index in [0.29, 0.717) is 15.0 Å². The van der Waals surface area contributed by atoms with Crippen molar-refractivity contribution in [2.75, 3.05) is 13.6 Å². The fourth-order valence-corrected chi connectivity index (χ4v) is 5.75. The van der Waals surface area contributed by atoms with Gasteiger partial charge in [-0.1, -0.05) is 38.1 Å². The number of rotatable bonds is 10. The number of alkyl halides is 2. The minimum absolute atomic E-state index is 0.0127. The zero-order chi connectivity index (χ0) is 26.9. The molecule has 7 nitrogen and oxygen atoms in total. The summed E-state index contributed by atoms with van der Waals surface area (Å²) < 4.78 is 56.1. The van der Waals surface area contributed by atoms with Crippen LogP contribution in [0.2, 0.25) is 0 Å². The molecule has 0 bridgehead atoms. The highest BCUT2D eigenvalue weighted by Gasteiger charge is 2.54. The third-order valence-electron chi connectivity index (χ3n) is 4.68. The van der Waals surface area contributed by atoms with Crippen molar-refractivity contribution >= 4 is 40.8 Å². The van der Waals surface area contributed by atoms with Crippen LogP contribution in [0, 0.1) is 0 Å². The lowest BCUT2D eigenvalue weighted by Crippen LogP contribution is -2.30. The van der Waals surface area contributed by atoms with Gasteiger partial charge in [0.25, 0.3) is 5.91 Å². The van der Waals surface area contributed by atoms with Crippen molar-refractivity contribution in [3.63, 3.8) is 0 Å². The number of esters is 1. The SMILES string of the molecule is CC.CNC(=O)c1cc2cc(C(F)(F)P(=O)(NCCC(=O)OC(C)C)Oc3ccccc3)ccc2s1. The molecule has 1 unspecified atom stereocenters. The Kier molecular flexibility index (Phi) is 10.6. The maximum atomic E-state index is 15.7. The molecule has 0 spiro atoms. The number of thiophene rings is 1. The molecule has 0 aliphatic carbocycles. The minimum Gasteiger partial charge on any atom is -0.463 e. The smallest absolute Gasteiger partial charge is 0.390 e. The standard InChI is InChI=1S/C23H25F2N2O5PS.C2H6/c1-15(2)31-21(28)11-12-27-33(30,32-18-7-5-4-6-8-18)23(24,25)17-9-10-19-16(13-17)14-20(34-19)22(29)26-3;1-2/h4-10,13-15H,11-12H2,1-3H3,(H,26,29)(H,27,30);1-2H3. The second-order valence-electron chi connectivity index (χ2n) is 7.64. The molecule has 1 amide bonds. The molecule has 0 aliphatic rings.